The van der Waals surface area contributed by atoms with Crippen molar-refractivity contribution in [3.63, 3.8) is 0 Å². The van der Waals surface area contributed by atoms with Crippen LogP contribution in [0, 0.1) is 6.92 Å². The average Bonchev–Trinajstić information content (AvgIpc) is 2.36. The molecule has 0 aliphatic rings. The second-order valence-electron chi connectivity index (χ2n) is 4.22. The second-order valence-corrected chi connectivity index (χ2v) is 5.95. The number of carbonyl (C=O) groups excluding carboxylic acids is 1. The van der Waals surface area contributed by atoms with Crippen molar-refractivity contribution in [3.05, 3.63) is 23.3 Å². The van der Waals surface area contributed by atoms with E-state index in [-0.39, 0.29) is 10.5 Å². The highest BCUT2D eigenvalue weighted by Crippen LogP contribution is 2.25. The lowest BCUT2D eigenvalue weighted by Crippen LogP contribution is -2.37. The summed E-state index contributed by atoms with van der Waals surface area (Å²) in [6, 6.07) is 1.90. The first-order chi connectivity index (χ1) is 9.69. The van der Waals surface area contributed by atoms with Crippen molar-refractivity contribution in [2.45, 2.75) is 18.7 Å². The third kappa shape index (κ3) is 4.17. The maximum Gasteiger partial charge on any atom is 0.339 e. The largest absolute Gasteiger partial charge is 0.507 e. The molecule has 0 aromatic heterocycles. The summed E-state index contributed by atoms with van der Waals surface area (Å²) in [6.45, 7) is 3.00. The van der Waals surface area contributed by atoms with Gasteiger partial charge in [0.25, 0.3) is 0 Å². The molecule has 0 radical (unpaired) electrons. The Labute approximate surface area is 121 Å². The van der Waals surface area contributed by atoms with Gasteiger partial charge in [0.1, 0.15) is 11.3 Å². The van der Waals surface area contributed by atoms with Gasteiger partial charge in [0.15, 0.2) is 0 Å². The number of likely N-dealkylation sites (N-methyl/N-ethyl adjacent to an activating group) is 1. The molecule has 1 amide bonds. The van der Waals surface area contributed by atoms with Crippen molar-refractivity contribution in [3.8, 4) is 5.75 Å². The van der Waals surface area contributed by atoms with Crippen LogP contribution in [0.5, 0.6) is 5.75 Å². The molecule has 0 unspecified atom stereocenters. The van der Waals surface area contributed by atoms with Crippen molar-refractivity contribution in [1.29, 1.82) is 0 Å². The van der Waals surface area contributed by atoms with E-state index in [4.69, 9.17) is 5.11 Å². The highest BCUT2D eigenvalue weighted by molar-refractivity contribution is 7.89. The van der Waals surface area contributed by atoms with E-state index in [9.17, 15) is 23.1 Å². The molecule has 0 saturated heterocycles. The normalized spacial score (nSPS) is 11.1. The lowest BCUT2D eigenvalue weighted by Gasteiger charge is -2.11. The van der Waals surface area contributed by atoms with Crippen molar-refractivity contribution < 1.29 is 28.2 Å². The number of sulfonamides is 1. The number of carboxylic acids is 1. The number of rotatable bonds is 6. The molecule has 0 bridgehead atoms. The lowest BCUT2D eigenvalue weighted by atomic mass is 10.1. The van der Waals surface area contributed by atoms with E-state index in [1.54, 1.807) is 6.92 Å². The maximum atomic E-state index is 12.1. The number of aryl methyl sites for hydroxylation is 1. The predicted molar refractivity (Wildman–Crippen MR) is 73.7 cm³/mol. The van der Waals surface area contributed by atoms with Crippen LogP contribution in [0.15, 0.2) is 17.0 Å². The Balaban J connectivity index is 3.11. The number of hydrogen-bond donors (Lipinski definition) is 4. The average molecular weight is 316 g/mol. The molecule has 116 valence electrons. The van der Waals surface area contributed by atoms with Gasteiger partial charge in [0.2, 0.25) is 15.9 Å². The van der Waals surface area contributed by atoms with Gasteiger partial charge in [-0.1, -0.05) is 0 Å². The quantitative estimate of drug-likeness (QED) is 0.575. The van der Waals surface area contributed by atoms with Gasteiger partial charge in [-0.25, -0.2) is 17.9 Å². The van der Waals surface area contributed by atoms with E-state index in [0.717, 1.165) is 12.1 Å². The minimum Gasteiger partial charge on any atom is -0.507 e. The van der Waals surface area contributed by atoms with Crippen LogP contribution >= 0.6 is 0 Å². The smallest absolute Gasteiger partial charge is 0.339 e. The van der Waals surface area contributed by atoms with Gasteiger partial charge in [0.05, 0.1) is 11.4 Å². The SMILES string of the molecule is CCNC(=O)CNS(=O)(=O)c1cc(C(=O)O)c(O)cc1C. The zero-order chi connectivity index (χ0) is 16.2. The number of aromatic hydroxyl groups is 1. The van der Waals surface area contributed by atoms with Crippen LogP contribution in [0.2, 0.25) is 0 Å². The molecule has 9 heteroatoms. The molecular weight excluding hydrogens is 300 g/mol. The van der Waals surface area contributed by atoms with Gasteiger partial charge >= 0.3 is 5.97 Å². The zero-order valence-electron chi connectivity index (χ0n) is 11.5. The Morgan fingerprint density at radius 1 is 1.29 bits per heavy atom. The fourth-order valence-corrected chi connectivity index (χ4v) is 2.86. The van der Waals surface area contributed by atoms with Crippen LogP contribution in [0.4, 0.5) is 0 Å². The summed E-state index contributed by atoms with van der Waals surface area (Å²) < 4.78 is 26.2. The van der Waals surface area contributed by atoms with Crippen molar-refractivity contribution in [2.75, 3.05) is 13.1 Å². The molecule has 1 rings (SSSR count). The van der Waals surface area contributed by atoms with Crippen LogP contribution in [0.25, 0.3) is 0 Å². The molecule has 0 fully saturated rings. The summed E-state index contributed by atoms with van der Waals surface area (Å²) in [5, 5.41) is 20.8. The van der Waals surface area contributed by atoms with Crippen LogP contribution < -0.4 is 10.0 Å². The Hall–Kier alpha value is -2.13. The van der Waals surface area contributed by atoms with Gasteiger partial charge in [-0.2, -0.15) is 0 Å². The van der Waals surface area contributed by atoms with Crippen molar-refractivity contribution in [1.82, 2.24) is 10.0 Å². The maximum absolute atomic E-state index is 12.1. The Morgan fingerprint density at radius 3 is 2.43 bits per heavy atom. The summed E-state index contributed by atoms with van der Waals surface area (Å²) in [5.41, 5.74) is -0.361. The summed E-state index contributed by atoms with van der Waals surface area (Å²) in [7, 11) is -4.06. The number of nitrogens with one attached hydrogen (secondary N) is 2. The minimum absolute atomic E-state index is 0.167. The molecule has 0 heterocycles. The van der Waals surface area contributed by atoms with Gasteiger partial charge in [-0.15, -0.1) is 0 Å². The molecule has 0 atom stereocenters. The fraction of sp³-hybridized carbons (Fsp3) is 0.333. The molecular formula is C12H16N2O6S. The van der Waals surface area contributed by atoms with E-state index in [1.807, 2.05) is 0 Å². The van der Waals surface area contributed by atoms with Gasteiger partial charge < -0.3 is 15.5 Å². The number of phenols is 1. The van der Waals surface area contributed by atoms with Gasteiger partial charge in [-0.05, 0) is 31.5 Å². The first kappa shape index (κ1) is 16.9. The fourth-order valence-electron chi connectivity index (χ4n) is 1.63. The Morgan fingerprint density at radius 2 is 1.90 bits per heavy atom. The van der Waals surface area contributed by atoms with E-state index in [0.29, 0.717) is 6.54 Å². The lowest BCUT2D eigenvalue weighted by molar-refractivity contribution is -0.119. The summed E-state index contributed by atoms with van der Waals surface area (Å²) in [6.07, 6.45) is 0. The minimum atomic E-state index is -4.06. The molecule has 1 aromatic carbocycles. The number of aromatic carboxylic acids is 1. The van der Waals surface area contributed by atoms with Crippen LogP contribution in [-0.4, -0.2) is 43.6 Å². The third-order valence-electron chi connectivity index (χ3n) is 2.61. The van der Waals surface area contributed by atoms with Crippen LogP contribution in [-0.2, 0) is 14.8 Å². The Kier molecular flexibility index (Phi) is 5.28. The summed E-state index contributed by atoms with van der Waals surface area (Å²) >= 11 is 0. The number of amides is 1. The number of carboxylic acid groups (broad SMARTS) is 1. The molecule has 0 spiro atoms. The number of benzene rings is 1. The number of carbonyl (C=O) groups is 2. The number of hydrogen-bond acceptors (Lipinski definition) is 5. The highest BCUT2D eigenvalue weighted by Gasteiger charge is 2.22. The van der Waals surface area contributed by atoms with Crippen LogP contribution in [0.3, 0.4) is 0 Å². The van der Waals surface area contributed by atoms with Gasteiger partial charge in [0, 0.05) is 6.54 Å². The molecule has 21 heavy (non-hydrogen) atoms. The third-order valence-corrected chi connectivity index (χ3v) is 4.15. The van der Waals surface area contributed by atoms with Crippen LogP contribution in [0.1, 0.15) is 22.8 Å². The van der Waals surface area contributed by atoms with E-state index in [2.05, 4.69) is 10.0 Å². The van der Waals surface area contributed by atoms with Crippen molar-refractivity contribution >= 4 is 21.9 Å². The Bertz CT molecular complexity index is 669. The highest BCUT2D eigenvalue weighted by atomic mass is 32.2. The predicted octanol–water partition coefficient (Wildman–Crippen LogP) is -0.187. The van der Waals surface area contributed by atoms with E-state index in [1.165, 1.54) is 6.92 Å². The van der Waals surface area contributed by atoms with E-state index < -0.39 is 39.8 Å². The molecule has 1 aromatic rings. The summed E-state index contributed by atoms with van der Waals surface area (Å²) in [5.74, 6) is -2.48. The first-order valence-electron chi connectivity index (χ1n) is 6.02. The monoisotopic (exact) mass is 316 g/mol. The summed E-state index contributed by atoms with van der Waals surface area (Å²) in [4.78, 5) is 21.9. The van der Waals surface area contributed by atoms with E-state index >= 15 is 0 Å². The molecule has 0 saturated carbocycles. The molecule has 8 nitrogen and oxygen atoms in total. The molecule has 0 aliphatic heterocycles. The van der Waals surface area contributed by atoms with Gasteiger partial charge in [-0.3, -0.25) is 4.79 Å². The first-order valence-corrected chi connectivity index (χ1v) is 7.50. The van der Waals surface area contributed by atoms with Crippen molar-refractivity contribution in [2.24, 2.45) is 0 Å². The molecule has 0 aliphatic carbocycles. The second kappa shape index (κ2) is 6.55. The standard InChI is InChI=1S/C12H16N2O6S/c1-3-13-11(16)6-14-21(19,20)10-5-8(12(17)18)9(15)4-7(10)2/h4-5,14-15H,3,6H2,1-2H3,(H,13,16)(H,17,18). The zero-order valence-corrected chi connectivity index (χ0v) is 12.3. The topological polar surface area (TPSA) is 133 Å². The molecule has 4 N–H and O–H groups in total.